The van der Waals surface area contributed by atoms with Crippen LogP contribution < -0.4 is 61.8 Å². The maximum absolute atomic E-state index is 12.3. The Bertz CT molecular complexity index is 943. The number of alkyl halides is 6. The summed E-state index contributed by atoms with van der Waals surface area (Å²) in [4.78, 5) is 10.7. The first-order valence-corrected chi connectivity index (χ1v) is 10.1. The van der Waals surface area contributed by atoms with Gasteiger partial charge >= 0.3 is 71.0 Å². The summed E-state index contributed by atoms with van der Waals surface area (Å²) in [5, 5.41) is 0. The van der Waals surface area contributed by atoms with Crippen LogP contribution in [-0.2, 0) is 17.9 Å². The van der Waals surface area contributed by atoms with Crippen molar-refractivity contribution in [1.29, 1.82) is 0 Å². The number of ketones is 1. The summed E-state index contributed by atoms with van der Waals surface area (Å²) in [6, 6.07) is 9.05. The Morgan fingerprint density at radius 2 is 1.19 bits per heavy atom. The number of nitrogens with two attached hydrogens (primary N) is 1. The molecule has 0 aromatic heterocycles. The normalized spacial score (nSPS) is 12.0. The smallest absolute Gasteiger partial charge is 1.00 e. The molecule has 0 aliphatic carbocycles. The Kier molecular flexibility index (Phi) is 19.5. The molecule has 0 saturated carbocycles. The second kappa shape index (κ2) is 18.0. The summed E-state index contributed by atoms with van der Waals surface area (Å²) in [6.45, 7) is 9.76. The van der Waals surface area contributed by atoms with Crippen LogP contribution in [0.25, 0.3) is 0 Å². The minimum absolute atomic E-state index is 0. The average Bonchev–Trinajstić information content (AvgIpc) is 2.73. The molecule has 0 aliphatic heterocycles. The van der Waals surface area contributed by atoms with E-state index in [9.17, 15) is 39.8 Å². The second-order valence-electron chi connectivity index (χ2n) is 7.53. The maximum Gasteiger partial charge on any atom is 1.00 e. The van der Waals surface area contributed by atoms with E-state index in [1.54, 1.807) is 13.0 Å². The molecular formula is C24H26BF9KNO. The number of carbonyl (C=O) groups excluding carboxylic acids is 1. The van der Waals surface area contributed by atoms with Crippen molar-refractivity contribution in [3.05, 3.63) is 96.1 Å². The number of carbonyl (C=O) groups is 1. The molecule has 1 unspecified atom stereocenters. The van der Waals surface area contributed by atoms with Crippen LogP contribution in [-0.4, -0.2) is 13.1 Å². The van der Waals surface area contributed by atoms with Gasteiger partial charge in [-0.3, -0.25) is 13.4 Å². The van der Waals surface area contributed by atoms with Gasteiger partial charge in [0.2, 0.25) is 0 Å². The van der Waals surface area contributed by atoms with Gasteiger partial charge in [0.25, 0.3) is 0 Å². The standard InChI is InChI=1S/C12H14F3N.C9H7F3O.C3H5BF2.FH.K/c1-3-8-11(2,16)9-4-6-10(7-5-9)12(13,14)15;1-6(13)7-2-4-8(5-3-7)9(10,11)12;1-2-3-4(5)6;;/h3-7H,1,8,16H2,2H3;2-5H,1H3;2H,1,3H2;1H;/q;;;;+1/p-1. The van der Waals surface area contributed by atoms with E-state index < -0.39 is 36.3 Å². The Hall–Kier alpha value is -1.38. The third kappa shape index (κ3) is 16.2. The zero-order chi connectivity index (χ0) is 27.4. The van der Waals surface area contributed by atoms with E-state index in [1.165, 1.54) is 37.3 Å². The Morgan fingerprint density at radius 1 is 0.838 bits per heavy atom. The number of Topliss-reactive ketones (excluding diaryl/α,β-unsaturated/α-hetero) is 1. The summed E-state index contributed by atoms with van der Waals surface area (Å²) >= 11 is 0. The van der Waals surface area contributed by atoms with E-state index in [4.69, 9.17) is 5.73 Å². The van der Waals surface area contributed by atoms with E-state index in [0.29, 0.717) is 12.0 Å². The van der Waals surface area contributed by atoms with Crippen LogP contribution in [0, 0.1) is 0 Å². The van der Waals surface area contributed by atoms with Gasteiger partial charge in [0.1, 0.15) is 0 Å². The van der Waals surface area contributed by atoms with E-state index in [1.807, 2.05) is 0 Å². The average molecular weight is 565 g/mol. The van der Waals surface area contributed by atoms with Crippen LogP contribution in [0.4, 0.5) is 35.0 Å². The fraction of sp³-hybridized carbons (Fsp3) is 0.292. The van der Waals surface area contributed by atoms with Gasteiger partial charge in [0, 0.05) is 17.4 Å². The summed E-state index contributed by atoms with van der Waals surface area (Å²) in [7, 11) is -2.22. The van der Waals surface area contributed by atoms with Crippen LogP contribution in [0.3, 0.4) is 0 Å². The minimum atomic E-state index is -4.34. The molecule has 2 aromatic rings. The quantitative estimate of drug-likeness (QED) is 0.252. The molecule has 13 heteroatoms. The summed E-state index contributed by atoms with van der Waals surface area (Å²) in [5.74, 6) is -0.242. The van der Waals surface area contributed by atoms with Crippen LogP contribution in [0.15, 0.2) is 73.8 Å². The van der Waals surface area contributed by atoms with Crippen molar-refractivity contribution in [1.82, 2.24) is 0 Å². The molecule has 2 nitrogen and oxygen atoms in total. The van der Waals surface area contributed by atoms with Crippen molar-refractivity contribution in [2.24, 2.45) is 5.73 Å². The number of rotatable bonds is 6. The van der Waals surface area contributed by atoms with Gasteiger partial charge in [-0.2, -0.15) is 26.3 Å². The molecule has 0 aliphatic rings. The van der Waals surface area contributed by atoms with Gasteiger partial charge in [-0.25, -0.2) is 0 Å². The summed E-state index contributed by atoms with van der Waals surface area (Å²) in [6.07, 6.45) is -5.47. The maximum atomic E-state index is 12.3. The van der Waals surface area contributed by atoms with Gasteiger partial charge < -0.3 is 10.4 Å². The topological polar surface area (TPSA) is 43.1 Å². The third-order valence-electron chi connectivity index (χ3n) is 4.40. The minimum Gasteiger partial charge on any atom is -1.00 e. The zero-order valence-electron chi connectivity index (χ0n) is 20.6. The van der Waals surface area contributed by atoms with E-state index in [-0.39, 0.29) is 73.8 Å². The zero-order valence-corrected chi connectivity index (χ0v) is 23.7. The molecule has 0 heterocycles. The molecule has 2 rings (SSSR count). The Labute approximate surface area is 253 Å². The molecule has 0 amide bonds. The number of halogens is 9. The fourth-order valence-corrected chi connectivity index (χ4v) is 2.48. The predicted octanol–water partition coefficient (Wildman–Crippen LogP) is 1.97. The second-order valence-corrected chi connectivity index (χ2v) is 7.53. The molecule has 1 atom stereocenters. The number of hydrogen-bond acceptors (Lipinski definition) is 2. The fourth-order valence-electron chi connectivity index (χ4n) is 2.48. The van der Waals surface area contributed by atoms with Crippen LogP contribution in [0.5, 0.6) is 0 Å². The third-order valence-corrected chi connectivity index (χ3v) is 4.40. The van der Waals surface area contributed by atoms with Crippen LogP contribution in [0.1, 0.15) is 47.3 Å². The number of hydrogen-bond donors (Lipinski definition) is 1. The first-order valence-electron chi connectivity index (χ1n) is 10.1. The van der Waals surface area contributed by atoms with E-state index >= 15 is 0 Å². The van der Waals surface area contributed by atoms with Gasteiger partial charge in [0.05, 0.1) is 11.1 Å². The Balaban J connectivity index is -0.000000498. The Morgan fingerprint density at radius 3 is 1.43 bits per heavy atom. The molecule has 2 N–H and O–H groups in total. The SMILES string of the molecule is C=CCB(F)F.C=CCC(C)(N)c1ccc(C(F)(F)F)cc1.CC(=O)c1ccc(C(F)(F)F)cc1.[F-].[K+]. The van der Waals surface area contributed by atoms with Crippen LogP contribution in [0.2, 0.25) is 6.32 Å². The molecule has 200 valence electrons. The van der Waals surface area contributed by atoms with Gasteiger partial charge in [-0.05, 0) is 50.1 Å². The number of allylic oxidation sites excluding steroid dienone is 1. The first kappa shape index (κ1) is 40.1. The molecule has 0 fully saturated rings. The molecule has 37 heavy (non-hydrogen) atoms. The van der Waals surface area contributed by atoms with Crippen molar-refractivity contribution < 1.29 is 95.9 Å². The van der Waals surface area contributed by atoms with E-state index in [2.05, 4.69) is 13.2 Å². The monoisotopic (exact) mass is 565 g/mol. The number of benzene rings is 2. The van der Waals surface area contributed by atoms with Crippen molar-refractivity contribution >= 4 is 13.1 Å². The summed E-state index contributed by atoms with van der Waals surface area (Å²) in [5.41, 5.74) is 4.83. The largest absolute Gasteiger partial charge is 1.00 e. The first-order chi connectivity index (χ1) is 16.0. The van der Waals surface area contributed by atoms with Gasteiger partial charge in [-0.15, -0.1) is 13.2 Å². The van der Waals surface area contributed by atoms with Crippen molar-refractivity contribution in [2.45, 2.75) is 44.5 Å². The molecule has 0 bridgehead atoms. The van der Waals surface area contributed by atoms with Crippen LogP contribution >= 0.6 is 0 Å². The van der Waals surface area contributed by atoms with Crippen molar-refractivity contribution in [3.8, 4) is 0 Å². The van der Waals surface area contributed by atoms with Gasteiger partial charge in [-0.1, -0.05) is 36.4 Å². The molecule has 0 saturated heterocycles. The molecule has 0 spiro atoms. The van der Waals surface area contributed by atoms with Crippen molar-refractivity contribution in [2.75, 3.05) is 0 Å². The predicted molar refractivity (Wildman–Crippen MR) is 122 cm³/mol. The van der Waals surface area contributed by atoms with E-state index in [0.717, 1.165) is 24.3 Å². The van der Waals surface area contributed by atoms with Gasteiger partial charge in [0.15, 0.2) is 5.78 Å². The molecular weight excluding hydrogens is 539 g/mol. The van der Waals surface area contributed by atoms with Crippen molar-refractivity contribution in [3.63, 3.8) is 0 Å². The summed E-state index contributed by atoms with van der Waals surface area (Å²) < 4.78 is 95.0. The molecule has 0 radical (unpaired) electrons. The molecule has 2 aromatic carbocycles.